The summed E-state index contributed by atoms with van der Waals surface area (Å²) in [5.74, 6) is -0.0546. The van der Waals surface area contributed by atoms with Crippen molar-refractivity contribution in [3.05, 3.63) is 58.3 Å². The first kappa shape index (κ1) is 27.2. The maximum absolute atomic E-state index is 13.4. The first-order valence-electron chi connectivity index (χ1n) is 13.1. The van der Waals surface area contributed by atoms with Crippen LogP contribution in [-0.4, -0.2) is 35.2 Å². The second kappa shape index (κ2) is 12.0. The summed E-state index contributed by atoms with van der Waals surface area (Å²) in [7, 11) is 0. The number of rotatable bonds is 9. The molecule has 6 heteroatoms. The molecule has 0 aromatic heterocycles. The minimum atomic E-state index is -0.0546. The van der Waals surface area contributed by atoms with Crippen LogP contribution in [0.2, 0.25) is 0 Å². The van der Waals surface area contributed by atoms with Gasteiger partial charge in [0.25, 0.3) is 0 Å². The summed E-state index contributed by atoms with van der Waals surface area (Å²) < 4.78 is 0. The van der Waals surface area contributed by atoms with Crippen molar-refractivity contribution in [3.63, 3.8) is 0 Å². The van der Waals surface area contributed by atoms with E-state index in [0.29, 0.717) is 12.1 Å². The minimum absolute atomic E-state index is 0.0546. The van der Waals surface area contributed by atoms with Crippen molar-refractivity contribution < 1.29 is 4.79 Å². The lowest BCUT2D eigenvalue weighted by molar-refractivity contribution is -0.109. The summed E-state index contributed by atoms with van der Waals surface area (Å²) in [6.07, 6.45) is 6.43. The van der Waals surface area contributed by atoms with E-state index in [1.54, 1.807) is 6.08 Å². The van der Waals surface area contributed by atoms with Crippen LogP contribution < -0.4 is 11.5 Å². The summed E-state index contributed by atoms with van der Waals surface area (Å²) in [6, 6.07) is 7.60. The van der Waals surface area contributed by atoms with Crippen LogP contribution in [0.15, 0.2) is 46.0 Å². The molecule has 0 spiro atoms. The zero-order chi connectivity index (χ0) is 26.4. The topological polar surface area (TPSA) is 97.1 Å². The van der Waals surface area contributed by atoms with E-state index in [4.69, 9.17) is 21.5 Å². The van der Waals surface area contributed by atoms with E-state index < -0.39 is 0 Å². The Labute approximate surface area is 216 Å². The SMILES string of the molecule is CCCCN(CCCC)C1=CC(=O)C(=Nc2ccc(N)c(C)c2C)CC1=Nc1ccc(N)c(C)c1C. The Bertz CT molecular complexity index is 1210. The zero-order valence-corrected chi connectivity index (χ0v) is 22.7. The highest BCUT2D eigenvalue weighted by Crippen LogP contribution is 2.31. The van der Waals surface area contributed by atoms with Gasteiger partial charge < -0.3 is 16.4 Å². The van der Waals surface area contributed by atoms with Crippen molar-refractivity contribution in [3.8, 4) is 0 Å². The average Bonchev–Trinajstić information content (AvgIpc) is 2.86. The van der Waals surface area contributed by atoms with Crippen LogP contribution in [0.3, 0.4) is 0 Å². The number of anilines is 2. The fraction of sp³-hybridized carbons (Fsp3) is 0.433. The second-order valence-corrected chi connectivity index (χ2v) is 9.73. The molecule has 0 amide bonds. The number of carbonyl (C=O) groups is 1. The molecule has 0 bridgehead atoms. The molecular weight excluding hydrogens is 446 g/mol. The maximum Gasteiger partial charge on any atom is 0.202 e. The number of allylic oxidation sites excluding steroid dienone is 2. The number of nitrogens with two attached hydrogens (primary N) is 2. The van der Waals surface area contributed by atoms with Gasteiger partial charge >= 0.3 is 0 Å². The van der Waals surface area contributed by atoms with E-state index in [1.165, 1.54) is 0 Å². The molecule has 0 radical (unpaired) electrons. The third-order valence-corrected chi connectivity index (χ3v) is 7.20. The van der Waals surface area contributed by atoms with Gasteiger partial charge in [0, 0.05) is 37.0 Å². The highest BCUT2D eigenvalue weighted by Gasteiger charge is 2.27. The highest BCUT2D eigenvalue weighted by atomic mass is 16.1. The molecule has 0 saturated carbocycles. The monoisotopic (exact) mass is 487 g/mol. The van der Waals surface area contributed by atoms with E-state index in [0.717, 1.165) is 95.2 Å². The van der Waals surface area contributed by atoms with Crippen molar-refractivity contribution in [1.29, 1.82) is 0 Å². The quantitative estimate of drug-likeness (QED) is 0.385. The van der Waals surface area contributed by atoms with E-state index >= 15 is 0 Å². The summed E-state index contributed by atoms with van der Waals surface area (Å²) >= 11 is 0. The van der Waals surface area contributed by atoms with E-state index in [9.17, 15) is 4.79 Å². The Hall–Kier alpha value is -3.41. The Morgan fingerprint density at radius 1 is 0.750 bits per heavy atom. The molecule has 1 aliphatic carbocycles. The number of hydrogen-bond acceptors (Lipinski definition) is 6. The Kier molecular flexibility index (Phi) is 9.08. The van der Waals surface area contributed by atoms with Crippen LogP contribution in [0.4, 0.5) is 22.7 Å². The molecule has 0 aliphatic heterocycles. The molecule has 0 unspecified atom stereocenters. The lowest BCUT2D eigenvalue weighted by Gasteiger charge is -2.30. The second-order valence-electron chi connectivity index (χ2n) is 9.73. The van der Waals surface area contributed by atoms with Crippen molar-refractivity contribution in [2.75, 3.05) is 24.6 Å². The van der Waals surface area contributed by atoms with Crippen LogP contribution in [0.1, 0.15) is 68.2 Å². The molecule has 0 saturated heterocycles. The maximum atomic E-state index is 13.4. The Balaban J connectivity index is 2.14. The summed E-state index contributed by atoms with van der Waals surface area (Å²) in [4.78, 5) is 25.6. The van der Waals surface area contributed by atoms with Gasteiger partial charge in [-0.1, -0.05) is 26.7 Å². The third-order valence-electron chi connectivity index (χ3n) is 7.20. The Morgan fingerprint density at radius 3 is 1.69 bits per heavy atom. The summed E-state index contributed by atoms with van der Waals surface area (Å²) in [5, 5.41) is 0. The van der Waals surface area contributed by atoms with Gasteiger partial charge in [0.1, 0.15) is 0 Å². The standard InChI is InChI=1S/C30H41N5O/c1-7-9-15-35(16-10-8-2)29-18-30(36)28(34-26-14-12-24(32)20(4)22(26)6)17-27(29)33-25-13-11-23(31)19(3)21(25)5/h11-14,18H,7-10,15-17,31-32H2,1-6H3. The van der Waals surface area contributed by atoms with Crippen molar-refractivity contribution in [2.45, 2.75) is 73.6 Å². The van der Waals surface area contributed by atoms with Gasteiger partial charge in [-0.2, -0.15) is 0 Å². The largest absolute Gasteiger partial charge is 0.399 e. The number of carbonyl (C=O) groups excluding carboxylic acids is 1. The highest BCUT2D eigenvalue weighted by molar-refractivity contribution is 6.51. The van der Waals surface area contributed by atoms with Gasteiger partial charge in [-0.25, -0.2) is 4.99 Å². The van der Waals surface area contributed by atoms with Crippen LogP contribution in [0, 0.1) is 27.7 Å². The average molecular weight is 488 g/mol. The molecule has 0 atom stereocenters. The van der Waals surface area contributed by atoms with Crippen LogP contribution in [-0.2, 0) is 4.79 Å². The van der Waals surface area contributed by atoms with Crippen molar-refractivity contribution >= 4 is 40.0 Å². The normalized spacial score (nSPS) is 16.1. The molecule has 192 valence electrons. The van der Waals surface area contributed by atoms with E-state index in [2.05, 4.69) is 18.7 Å². The van der Waals surface area contributed by atoms with Crippen molar-refractivity contribution in [2.24, 2.45) is 9.98 Å². The van der Waals surface area contributed by atoms with E-state index in [1.807, 2.05) is 52.0 Å². The number of nitrogen functional groups attached to an aromatic ring is 2. The molecule has 0 fully saturated rings. The molecule has 6 nitrogen and oxygen atoms in total. The summed E-state index contributed by atoms with van der Waals surface area (Å²) in [6.45, 7) is 14.2. The van der Waals surface area contributed by atoms with Gasteiger partial charge in [0.05, 0.1) is 28.5 Å². The van der Waals surface area contributed by atoms with Gasteiger partial charge in [0.2, 0.25) is 5.78 Å². The molecule has 2 aromatic carbocycles. The van der Waals surface area contributed by atoms with Crippen LogP contribution in [0.25, 0.3) is 0 Å². The van der Waals surface area contributed by atoms with Gasteiger partial charge in [-0.15, -0.1) is 0 Å². The number of unbranched alkanes of at least 4 members (excludes halogenated alkanes) is 2. The third kappa shape index (κ3) is 6.04. The molecule has 36 heavy (non-hydrogen) atoms. The van der Waals surface area contributed by atoms with Crippen molar-refractivity contribution in [1.82, 2.24) is 4.90 Å². The minimum Gasteiger partial charge on any atom is -0.399 e. The predicted octanol–water partition coefficient (Wildman–Crippen LogP) is 6.69. The number of ketones is 1. The molecule has 3 rings (SSSR count). The molecule has 2 aromatic rings. The van der Waals surface area contributed by atoms with Crippen LogP contribution in [0.5, 0.6) is 0 Å². The number of aliphatic imine (C=N–C) groups is 2. The zero-order valence-electron chi connectivity index (χ0n) is 22.7. The first-order chi connectivity index (χ1) is 17.2. The number of benzene rings is 2. The predicted molar refractivity (Wildman–Crippen MR) is 154 cm³/mol. The Morgan fingerprint density at radius 2 is 1.22 bits per heavy atom. The molecular formula is C30H41N5O. The molecule has 1 aliphatic rings. The van der Waals surface area contributed by atoms with Gasteiger partial charge in [-0.05, 0) is 87.1 Å². The molecule has 4 N–H and O–H groups in total. The number of nitrogens with zero attached hydrogens (tertiary/aromatic N) is 3. The fourth-order valence-corrected chi connectivity index (χ4v) is 4.33. The van der Waals surface area contributed by atoms with E-state index in [-0.39, 0.29) is 5.78 Å². The van der Waals surface area contributed by atoms with Crippen LogP contribution >= 0.6 is 0 Å². The smallest absolute Gasteiger partial charge is 0.202 e. The lowest BCUT2D eigenvalue weighted by atomic mass is 9.96. The summed E-state index contributed by atoms with van der Waals surface area (Å²) in [5.41, 5.74) is 21.7. The first-order valence-corrected chi connectivity index (χ1v) is 13.1. The van der Waals surface area contributed by atoms with Gasteiger partial charge in [-0.3, -0.25) is 9.79 Å². The molecule has 0 heterocycles. The van der Waals surface area contributed by atoms with Gasteiger partial charge in [0.15, 0.2) is 0 Å². The number of hydrogen-bond donors (Lipinski definition) is 2. The lowest BCUT2D eigenvalue weighted by Crippen LogP contribution is -2.35. The fourth-order valence-electron chi connectivity index (χ4n) is 4.33.